The van der Waals surface area contributed by atoms with E-state index in [-0.39, 0.29) is 0 Å². The summed E-state index contributed by atoms with van der Waals surface area (Å²) < 4.78 is 8.59. The van der Waals surface area contributed by atoms with E-state index < -0.39 is 0 Å². The highest BCUT2D eigenvalue weighted by molar-refractivity contribution is 5.90. The lowest BCUT2D eigenvalue weighted by Crippen LogP contribution is -2.15. The lowest BCUT2D eigenvalue weighted by Gasteiger charge is -2.11. The molecule has 1 aromatic heterocycles. The molecule has 0 radical (unpaired) electrons. The third kappa shape index (κ3) is 4.23. The summed E-state index contributed by atoms with van der Waals surface area (Å²) >= 11 is 0. The number of aromatic nitrogens is 1. The standard InChI is InChI=1S/C22H28N2O/c1-4-14-24-16-19(13-15-23(2)3)22-20(24)11-8-12-21(22)25-17-18-9-6-5-7-10-18/h5-12,16H,4,13-15,17H2,1-3H3. The maximum atomic E-state index is 6.22. The van der Waals surface area contributed by atoms with Gasteiger partial charge in [-0.15, -0.1) is 0 Å². The van der Waals surface area contributed by atoms with Crippen LogP contribution in [0.5, 0.6) is 5.75 Å². The molecule has 0 bridgehead atoms. The van der Waals surface area contributed by atoms with Crippen molar-refractivity contribution in [3.8, 4) is 5.75 Å². The number of hydrogen-bond donors (Lipinski definition) is 0. The van der Waals surface area contributed by atoms with Crippen LogP contribution in [-0.2, 0) is 19.6 Å². The molecule has 0 fully saturated rings. The van der Waals surface area contributed by atoms with Crippen LogP contribution in [0.2, 0.25) is 0 Å². The van der Waals surface area contributed by atoms with Crippen LogP contribution in [0.1, 0.15) is 24.5 Å². The van der Waals surface area contributed by atoms with Crippen LogP contribution < -0.4 is 4.74 Å². The van der Waals surface area contributed by atoms with Crippen LogP contribution >= 0.6 is 0 Å². The SMILES string of the molecule is CCCn1cc(CCN(C)C)c2c(OCc3ccccc3)cccc21. The van der Waals surface area contributed by atoms with Crippen LogP contribution in [-0.4, -0.2) is 30.1 Å². The monoisotopic (exact) mass is 336 g/mol. The number of hydrogen-bond acceptors (Lipinski definition) is 2. The van der Waals surface area contributed by atoms with Crippen molar-refractivity contribution in [1.82, 2.24) is 9.47 Å². The van der Waals surface area contributed by atoms with Gasteiger partial charge >= 0.3 is 0 Å². The van der Waals surface area contributed by atoms with E-state index in [1.807, 2.05) is 6.07 Å². The largest absolute Gasteiger partial charge is 0.488 e. The fraction of sp³-hybridized carbons (Fsp3) is 0.364. The summed E-state index contributed by atoms with van der Waals surface area (Å²) in [6, 6.07) is 16.8. The first kappa shape index (κ1) is 17.6. The molecule has 3 aromatic rings. The fourth-order valence-corrected chi connectivity index (χ4v) is 3.22. The molecule has 0 atom stereocenters. The van der Waals surface area contributed by atoms with E-state index >= 15 is 0 Å². The van der Waals surface area contributed by atoms with Gasteiger partial charge in [-0.05, 0) is 50.2 Å². The van der Waals surface area contributed by atoms with E-state index in [4.69, 9.17) is 4.74 Å². The molecule has 1 heterocycles. The molecule has 0 amide bonds. The molecule has 0 spiro atoms. The molecule has 0 aliphatic heterocycles. The minimum Gasteiger partial charge on any atom is -0.488 e. The predicted octanol–water partition coefficient (Wildman–Crippen LogP) is 4.73. The molecule has 0 unspecified atom stereocenters. The van der Waals surface area contributed by atoms with Crippen molar-refractivity contribution in [2.45, 2.75) is 32.9 Å². The summed E-state index contributed by atoms with van der Waals surface area (Å²) in [6.45, 7) is 4.91. The van der Waals surface area contributed by atoms with E-state index in [1.54, 1.807) is 0 Å². The zero-order valence-corrected chi connectivity index (χ0v) is 15.5. The molecule has 0 saturated heterocycles. The Hall–Kier alpha value is -2.26. The number of rotatable bonds is 8. The fourth-order valence-electron chi connectivity index (χ4n) is 3.22. The Morgan fingerprint density at radius 2 is 1.80 bits per heavy atom. The average Bonchev–Trinajstić information content (AvgIpc) is 2.98. The van der Waals surface area contributed by atoms with Crippen molar-refractivity contribution in [2.75, 3.05) is 20.6 Å². The predicted molar refractivity (Wildman–Crippen MR) is 105 cm³/mol. The number of fused-ring (bicyclic) bond motifs is 1. The minimum atomic E-state index is 0.603. The third-order valence-electron chi connectivity index (χ3n) is 4.48. The number of likely N-dealkylation sites (N-methyl/N-ethyl adjacent to an activating group) is 1. The Labute approximate surface area is 150 Å². The maximum Gasteiger partial charge on any atom is 0.129 e. The second kappa shape index (κ2) is 8.21. The number of nitrogens with zero attached hydrogens (tertiary/aromatic N) is 2. The molecule has 3 nitrogen and oxygen atoms in total. The first-order chi connectivity index (χ1) is 12.2. The highest BCUT2D eigenvalue weighted by atomic mass is 16.5. The van der Waals surface area contributed by atoms with E-state index in [0.717, 1.165) is 31.7 Å². The molecule has 0 aliphatic carbocycles. The number of ether oxygens (including phenoxy) is 1. The van der Waals surface area contributed by atoms with Gasteiger partial charge < -0.3 is 14.2 Å². The lowest BCUT2D eigenvalue weighted by molar-refractivity contribution is 0.310. The van der Waals surface area contributed by atoms with E-state index in [1.165, 1.54) is 22.0 Å². The van der Waals surface area contributed by atoms with Crippen LogP contribution in [0.15, 0.2) is 54.7 Å². The Bertz CT molecular complexity index is 806. The van der Waals surface area contributed by atoms with Crippen LogP contribution in [0, 0.1) is 0 Å². The van der Waals surface area contributed by atoms with Gasteiger partial charge in [0.15, 0.2) is 0 Å². The third-order valence-corrected chi connectivity index (χ3v) is 4.48. The molecule has 3 heteroatoms. The molecule has 0 N–H and O–H groups in total. The first-order valence-electron chi connectivity index (χ1n) is 9.11. The summed E-state index contributed by atoms with van der Waals surface area (Å²) in [5.74, 6) is 0.991. The Balaban J connectivity index is 1.93. The Kier molecular flexibility index (Phi) is 5.77. The summed E-state index contributed by atoms with van der Waals surface area (Å²) in [5.41, 5.74) is 3.85. The molecular weight excluding hydrogens is 308 g/mol. The average molecular weight is 336 g/mol. The summed E-state index contributed by atoms with van der Waals surface area (Å²) in [4.78, 5) is 2.23. The molecule has 25 heavy (non-hydrogen) atoms. The zero-order chi connectivity index (χ0) is 17.6. The van der Waals surface area contributed by atoms with E-state index in [2.05, 4.69) is 79.1 Å². The zero-order valence-electron chi connectivity index (χ0n) is 15.5. The van der Waals surface area contributed by atoms with Gasteiger partial charge in [-0.2, -0.15) is 0 Å². The van der Waals surface area contributed by atoms with Crippen molar-refractivity contribution < 1.29 is 4.74 Å². The van der Waals surface area contributed by atoms with Crippen molar-refractivity contribution in [1.29, 1.82) is 0 Å². The van der Waals surface area contributed by atoms with Gasteiger partial charge in [-0.3, -0.25) is 0 Å². The quantitative estimate of drug-likeness (QED) is 0.591. The normalized spacial score (nSPS) is 11.4. The van der Waals surface area contributed by atoms with Gasteiger partial charge in [-0.25, -0.2) is 0 Å². The van der Waals surface area contributed by atoms with Gasteiger partial charge in [0.1, 0.15) is 12.4 Å². The maximum absolute atomic E-state index is 6.22. The van der Waals surface area contributed by atoms with Crippen molar-refractivity contribution in [3.63, 3.8) is 0 Å². The lowest BCUT2D eigenvalue weighted by atomic mass is 10.1. The van der Waals surface area contributed by atoms with Gasteiger partial charge in [0.2, 0.25) is 0 Å². The number of aryl methyl sites for hydroxylation is 1. The van der Waals surface area contributed by atoms with Crippen molar-refractivity contribution in [2.24, 2.45) is 0 Å². The number of benzene rings is 2. The second-order valence-electron chi connectivity index (χ2n) is 6.83. The van der Waals surface area contributed by atoms with Crippen LogP contribution in [0.4, 0.5) is 0 Å². The van der Waals surface area contributed by atoms with Gasteiger partial charge in [0.25, 0.3) is 0 Å². The highest BCUT2D eigenvalue weighted by Crippen LogP contribution is 2.32. The topological polar surface area (TPSA) is 17.4 Å². The van der Waals surface area contributed by atoms with E-state index in [0.29, 0.717) is 6.61 Å². The smallest absolute Gasteiger partial charge is 0.129 e. The van der Waals surface area contributed by atoms with Crippen molar-refractivity contribution in [3.05, 3.63) is 65.9 Å². The van der Waals surface area contributed by atoms with Crippen molar-refractivity contribution >= 4 is 10.9 Å². The molecule has 2 aromatic carbocycles. The molecular formula is C22H28N2O. The summed E-state index contributed by atoms with van der Waals surface area (Å²) in [5, 5.41) is 1.27. The Morgan fingerprint density at radius 3 is 2.52 bits per heavy atom. The first-order valence-corrected chi connectivity index (χ1v) is 9.11. The van der Waals surface area contributed by atoms with Gasteiger partial charge in [-0.1, -0.05) is 43.3 Å². The Morgan fingerprint density at radius 1 is 1.00 bits per heavy atom. The molecule has 0 saturated carbocycles. The highest BCUT2D eigenvalue weighted by Gasteiger charge is 2.13. The van der Waals surface area contributed by atoms with Gasteiger partial charge in [0.05, 0.1) is 5.52 Å². The van der Waals surface area contributed by atoms with E-state index in [9.17, 15) is 0 Å². The summed E-state index contributed by atoms with van der Waals surface area (Å²) in [6.07, 6.45) is 4.48. The van der Waals surface area contributed by atoms with Crippen LogP contribution in [0.3, 0.4) is 0 Å². The minimum absolute atomic E-state index is 0.603. The van der Waals surface area contributed by atoms with Crippen LogP contribution in [0.25, 0.3) is 10.9 Å². The summed E-state index contributed by atoms with van der Waals surface area (Å²) in [7, 11) is 4.25. The molecule has 132 valence electrons. The molecule has 0 aliphatic rings. The molecule has 3 rings (SSSR count). The van der Waals surface area contributed by atoms with Gasteiger partial charge in [0, 0.05) is 24.7 Å². The second-order valence-corrected chi connectivity index (χ2v) is 6.83.